The van der Waals surface area contributed by atoms with E-state index in [-0.39, 0.29) is 5.41 Å². The van der Waals surface area contributed by atoms with Crippen LogP contribution in [0.2, 0.25) is 0 Å². The molecule has 86 valence electrons. The minimum absolute atomic E-state index is 0.227. The molecule has 0 saturated heterocycles. The highest BCUT2D eigenvalue weighted by atomic mass is 32.1. The van der Waals surface area contributed by atoms with Crippen molar-refractivity contribution in [1.29, 1.82) is 0 Å². The van der Waals surface area contributed by atoms with E-state index in [9.17, 15) is 0 Å². The summed E-state index contributed by atoms with van der Waals surface area (Å²) >= 11 is 1.89. The predicted octanol–water partition coefficient (Wildman–Crippen LogP) is 5.35. The van der Waals surface area contributed by atoms with Crippen LogP contribution in [0.5, 0.6) is 0 Å². The van der Waals surface area contributed by atoms with E-state index in [1.165, 1.54) is 25.7 Å². The molecular formula is C16H16S. The average Bonchev–Trinajstić information content (AvgIpc) is 2.65. The minimum atomic E-state index is 0.227. The Morgan fingerprint density at radius 2 is 1.53 bits per heavy atom. The van der Waals surface area contributed by atoms with Gasteiger partial charge in [-0.3, -0.25) is 0 Å². The molecule has 2 aromatic carbocycles. The van der Waals surface area contributed by atoms with Gasteiger partial charge in [0.2, 0.25) is 0 Å². The highest BCUT2D eigenvalue weighted by Crippen LogP contribution is 2.36. The Labute approximate surface area is 106 Å². The van der Waals surface area contributed by atoms with Gasteiger partial charge in [0, 0.05) is 20.2 Å². The second kappa shape index (κ2) is 3.58. The van der Waals surface area contributed by atoms with E-state index >= 15 is 0 Å². The zero-order chi connectivity index (χ0) is 12.0. The fraction of sp³-hybridized carbons (Fsp3) is 0.250. The van der Waals surface area contributed by atoms with E-state index in [0.29, 0.717) is 0 Å². The van der Waals surface area contributed by atoms with Gasteiger partial charge in [0.15, 0.2) is 0 Å². The van der Waals surface area contributed by atoms with Gasteiger partial charge in [0.25, 0.3) is 0 Å². The summed E-state index contributed by atoms with van der Waals surface area (Å²) in [6, 6.07) is 15.5. The summed E-state index contributed by atoms with van der Waals surface area (Å²) in [7, 11) is 0. The molecule has 0 amide bonds. The number of benzene rings is 2. The second-order valence-electron chi connectivity index (χ2n) is 5.56. The maximum Gasteiger partial charge on any atom is 0.0358 e. The summed E-state index contributed by atoms with van der Waals surface area (Å²) in [6.07, 6.45) is 0. The summed E-state index contributed by atoms with van der Waals surface area (Å²) in [5, 5.41) is 2.77. The van der Waals surface area contributed by atoms with Crippen molar-refractivity contribution in [2.45, 2.75) is 26.2 Å². The van der Waals surface area contributed by atoms with Gasteiger partial charge in [0.05, 0.1) is 0 Å². The third kappa shape index (κ3) is 1.75. The molecular weight excluding hydrogens is 224 g/mol. The van der Waals surface area contributed by atoms with Crippen LogP contribution < -0.4 is 0 Å². The van der Waals surface area contributed by atoms with Gasteiger partial charge in [-0.25, -0.2) is 0 Å². The van der Waals surface area contributed by atoms with E-state index in [4.69, 9.17) is 0 Å². The Bertz CT molecular complexity index is 683. The third-order valence-corrected chi connectivity index (χ3v) is 4.38. The largest absolute Gasteiger partial charge is 0.135 e. The molecule has 1 heteroatoms. The maximum atomic E-state index is 2.35. The topological polar surface area (TPSA) is 0 Å². The van der Waals surface area contributed by atoms with Crippen LogP contribution in [0.4, 0.5) is 0 Å². The molecule has 1 heterocycles. The lowest BCUT2D eigenvalue weighted by Gasteiger charge is -2.18. The lowest BCUT2D eigenvalue weighted by Crippen LogP contribution is -2.10. The molecule has 0 bridgehead atoms. The lowest BCUT2D eigenvalue weighted by atomic mass is 9.87. The summed E-state index contributed by atoms with van der Waals surface area (Å²) in [5.74, 6) is 0. The molecule has 0 fully saturated rings. The maximum absolute atomic E-state index is 2.35. The summed E-state index contributed by atoms with van der Waals surface area (Å²) in [5.41, 5.74) is 1.64. The Morgan fingerprint density at radius 3 is 2.29 bits per heavy atom. The molecule has 0 saturated carbocycles. The Morgan fingerprint density at radius 1 is 0.824 bits per heavy atom. The Kier molecular flexibility index (Phi) is 2.27. The fourth-order valence-corrected chi connectivity index (χ4v) is 3.34. The molecule has 3 aromatic rings. The average molecular weight is 240 g/mol. The normalized spacial score (nSPS) is 12.4. The van der Waals surface area contributed by atoms with Crippen molar-refractivity contribution in [1.82, 2.24) is 0 Å². The van der Waals surface area contributed by atoms with Crippen molar-refractivity contribution in [2.24, 2.45) is 0 Å². The molecule has 0 atom stereocenters. The van der Waals surface area contributed by atoms with Crippen molar-refractivity contribution in [3.63, 3.8) is 0 Å². The third-order valence-electron chi connectivity index (χ3n) is 3.24. The van der Waals surface area contributed by atoms with Gasteiger partial charge >= 0.3 is 0 Å². The van der Waals surface area contributed by atoms with E-state index in [1.807, 2.05) is 11.3 Å². The molecule has 1 aromatic heterocycles. The van der Waals surface area contributed by atoms with Crippen LogP contribution in [0, 0.1) is 0 Å². The smallest absolute Gasteiger partial charge is 0.0358 e. The zero-order valence-electron chi connectivity index (χ0n) is 10.4. The monoisotopic (exact) mass is 240 g/mol. The van der Waals surface area contributed by atoms with Crippen LogP contribution in [0.25, 0.3) is 20.2 Å². The number of thiophene rings is 1. The summed E-state index contributed by atoms with van der Waals surface area (Å²) < 4.78 is 2.78. The van der Waals surface area contributed by atoms with Gasteiger partial charge in [-0.1, -0.05) is 51.1 Å². The Balaban J connectivity index is 2.34. The molecule has 0 aliphatic heterocycles. The molecule has 0 aliphatic rings. The summed E-state index contributed by atoms with van der Waals surface area (Å²) in [6.45, 7) is 6.80. The summed E-state index contributed by atoms with van der Waals surface area (Å²) in [4.78, 5) is 0. The van der Waals surface area contributed by atoms with Gasteiger partial charge < -0.3 is 0 Å². The molecule has 0 N–H and O–H groups in total. The zero-order valence-corrected chi connectivity index (χ0v) is 11.3. The first kappa shape index (κ1) is 10.8. The van der Waals surface area contributed by atoms with Crippen LogP contribution in [-0.4, -0.2) is 0 Å². The van der Waals surface area contributed by atoms with Crippen molar-refractivity contribution in [2.75, 3.05) is 0 Å². The van der Waals surface area contributed by atoms with Gasteiger partial charge in [0.1, 0.15) is 0 Å². The molecule has 0 nitrogen and oxygen atoms in total. The first-order valence-electron chi connectivity index (χ1n) is 5.97. The standard InChI is InChI=1S/C16H16S/c1-16(2,3)11-8-9-13-12-6-4-5-7-14(12)17-15(13)10-11/h4-10H,1-3H3. The molecule has 0 spiro atoms. The van der Waals surface area contributed by atoms with Crippen LogP contribution in [-0.2, 0) is 5.41 Å². The number of fused-ring (bicyclic) bond motifs is 3. The highest BCUT2D eigenvalue weighted by molar-refractivity contribution is 7.25. The van der Waals surface area contributed by atoms with Gasteiger partial charge in [-0.2, -0.15) is 0 Å². The second-order valence-corrected chi connectivity index (χ2v) is 6.64. The first-order chi connectivity index (χ1) is 8.05. The predicted molar refractivity (Wildman–Crippen MR) is 78.0 cm³/mol. The molecule has 17 heavy (non-hydrogen) atoms. The van der Waals surface area contributed by atoms with Crippen LogP contribution in [0.15, 0.2) is 42.5 Å². The molecule has 3 rings (SSSR count). The van der Waals surface area contributed by atoms with E-state index in [0.717, 1.165) is 0 Å². The van der Waals surface area contributed by atoms with E-state index in [2.05, 4.69) is 63.2 Å². The first-order valence-corrected chi connectivity index (χ1v) is 6.79. The number of hydrogen-bond acceptors (Lipinski definition) is 1. The van der Waals surface area contributed by atoms with Crippen LogP contribution in [0.3, 0.4) is 0 Å². The van der Waals surface area contributed by atoms with Crippen LogP contribution in [0.1, 0.15) is 26.3 Å². The Hall–Kier alpha value is -1.34. The number of rotatable bonds is 0. The van der Waals surface area contributed by atoms with Crippen molar-refractivity contribution in [3.05, 3.63) is 48.0 Å². The highest BCUT2D eigenvalue weighted by Gasteiger charge is 2.14. The molecule has 0 unspecified atom stereocenters. The van der Waals surface area contributed by atoms with Crippen LogP contribution >= 0.6 is 11.3 Å². The quantitative estimate of drug-likeness (QED) is 0.496. The van der Waals surface area contributed by atoms with E-state index in [1.54, 1.807) is 0 Å². The van der Waals surface area contributed by atoms with Crippen molar-refractivity contribution < 1.29 is 0 Å². The van der Waals surface area contributed by atoms with E-state index < -0.39 is 0 Å². The van der Waals surface area contributed by atoms with Gasteiger partial charge in [-0.05, 0) is 23.1 Å². The lowest BCUT2D eigenvalue weighted by molar-refractivity contribution is 0.591. The minimum Gasteiger partial charge on any atom is -0.135 e. The van der Waals surface area contributed by atoms with Gasteiger partial charge in [-0.15, -0.1) is 11.3 Å². The SMILES string of the molecule is CC(C)(C)c1ccc2c(c1)sc1ccccc12. The molecule has 0 radical (unpaired) electrons. The fourth-order valence-electron chi connectivity index (χ4n) is 2.19. The van der Waals surface area contributed by atoms with Crippen molar-refractivity contribution >= 4 is 31.5 Å². The van der Waals surface area contributed by atoms with Crippen molar-refractivity contribution in [3.8, 4) is 0 Å². The molecule has 0 aliphatic carbocycles. The number of hydrogen-bond donors (Lipinski definition) is 0.